The molecule has 0 atom stereocenters. The molecule has 6 nitrogen and oxygen atoms in total. The van der Waals surface area contributed by atoms with Gasteiger partial charge in [0.1, 0.15) is 5.60 Å². The van der Waals surface area contributed by atoms with E-state index in [2.05, 4.69) is 25.0 Å². The highest BCUT2D eigenvalue weighted by atomic mass is 32.1. The number of thiophene rings is 1. The van der Waals surface area contributed by atoms with Crippen molar-refractivity contribution < 1.29 is 19.1 Å². The minimum Gasteiger partial charge on any atom is -0.444 e. The van der Waals surface area contributed by atoms with Crippen LogP contribution in [0.4, 0.5) is 4.79 Å². The Bertz CT molecular complexity index is 601. The lowest BCUT2D eigenvalue weighted by molar-refractivity contribution is -0.0388. The van der Waals surface area contributed by atoms with E-state index in [1.807, 2.05) is 26.8 Å². The maximum atomic E-state index is 12.0. The van der Waals surface area contributed by atoms with E-state index in [0.717, 1.165) is 23.4 Å². The van der Waals surface area contributed by atoms with Gasteiger partial charge in [-0.05, 0) is 52.7 Å². The zero-order chi connectivity index (χ0) is 19.2. The Balaban J connectivity index is 1.56. The predicted octanol–water partition coefficient (Wildman–Crippen LogP) is 3.96. The molecule has 0 spiro atoms. The van der Waals surface area contributed by atoms with Crippen molar-refractivity contribution in [2.24, 2.45) is 0 Å². The second-order valence-corrected chi connectivity index (χ2v) is 8.66. The number of hydrogen-bond donors (Lipinski definition) is 1. The molecule has 26 heavy (non-hydrogen) atoms. The molecule has 0 saturated carbocycles. The lowest BCUT2D eigenvalue weighted by Gasteiger charge is -2.33. The predicted molar refractivity (Wildman–Crippen MR) is 104 cm³/mol. The van der Waals surface area contributed by atoms with E-state index in [1.165, 1.54) is 4.88 Å². The van der Waals surface area contributed by atoms with E-state index in [4.69, 9.17) is 14.3 Å². The first kappa shape index (κ1) is 20.7. The zero-order valence-corrected chi connectivity index (χ0v) is 17.0. The zero-order valence-electron chi connectivity index (χ0n) is 16.2. The number of likely N-dealkylation sites (tertiary alicyclic amines) is 1. The Hall–Kier alpha value is -1.57. The van der Waals surface area contributed by atoms with Crippen LogP contribution >= 0.6 is 11.3 Å². The molecule has 0 bridgehead atoms. The highest BCUT2D eigenvalue weighted by molar-refractivity contribution is 7.13. The van der Waals surface area contributed by atoms with E-state index in [-0.39, 0.29) is 12.2 Å². The molecule has 1 aliphatic rings. The lowest BCUT2D eigenvalue weighted by Crippen LogP contribution is -2.43. The van der Waals surface area contributed by atoms with Gasteiger partial charge in [0.05, 0.1) is 29.9 Å². The van der Waals surface area contributed by atoms with Gasteiger partial charge in [-0.25, -0.2) is 4.79 Å². The molecule has 1 fully saturated rings. The summed E-state index contributed by atoms with van der Waals surface area (Å²) in [6.07, 6.45) is 1.54. The van der Waals surface area contributed by atoms with Crippen molar-refractivity contribution in [1.82, 2.24) is 10.4 Å². The molecular formula is C19H30N2O4S. The quantitative estimate of drug-likeness (QED) is 0.571. The van der Waals surface area contributed by atoms with Gasteiger partial charge in [-0.3, -0.25) is 10.3 Å². The van der Waals surface area contributed by atoms with Crippen molar-refractivity contribution in [2.75, 3.05) is 26.3 Å². The Morgan fingerprint density at radius 2 is 2.00 bits per heavy atom. The third-order valence-electron chi connectivity index (χ3n) is 3.87. The number of ether oxygens (including phenoxy) is 2. The molecule has 2 heterocycles. The summed E-state index contributed by atoms with van der Waals surface area (Å²) in [7, 11) is 0. The summed E-state index contributed by atoms with van der Waals surface area (Å²) in [4.78, 5) is 21.5. The minimum atomic E-state index is -0.458. The minimum absolute atomic E-state index is 0.153. The van der Waals surface area contributed by atoms with Gasteiger partial charge in [-0.15, -0.1) is 11.3 Å². The molecule has 1 amide bonds. The van der Waals surface area contributed by atoms with Crippen molar-refractivity contribution in [1.29, 1.82) is 0 Å². The SMILES string of the molecule is C=C(NOCCOC1CCN(C(=O)OC(C)(C)C)CC1)c1ccc(C)s1. The number of carbonyl (C=O) groups excluding carboxylic acids is 1. The molecule has 1 aliphatic heterocycles. The highest BCUT2D eigenvalue weighted by Gasteiger charge is 2.27. The highest BCUT2D eigenvalue weighted by Crippen LogP contribution is 2.20. The maximum Gasteiger partial charge on any atom is 0.410 e. The van der Waals surface area contributed by atoms with Crippen molar-refractivity contribution in [3.63, 3.8) is 0 Å². The Morgan fingerprint density at radius 1 is 1.31 bits per heavy atom. The molecule has 7 heteroatoms. The first-order valence-electron chi connectivity index (χ1n) is 8.97. The van der Waals surface area contributed by atoms with Gasteiger partial charge < -0.3 is 14.4 Å². The average molecular weight is 383 g/mol. The third-order valence-corrected chi connectivity index (χ3v) is 4.93. The number of hydrogen-bond acceptors (Lipinski definition) is 6. The molecule has 1 N–H and O–H groups in total. The number of amides is 1. The number of nitrogens with zero attached hydrogens (tertiary/aromatic N) is 1. The molecule has 0 aromatic carbocycles. The summed E-state index contributed by atoms with van der Waals surface area (Å²) in [5, 5.41) is 0. The van der Waals surface area contributed by atoms with Gasteiger partial charge in [0.25, 0.3) is 0 Å². The summed E-state index contributed by atoms with van der Waals surface area (Å²) in [6.45, 7) is 13.9. The summed E-state index contributed by atoms with van der Waals surface area (Å²) in [6, 6.07) is 4.08. The monoisotopic (exact) mass is 382 g/mol. The summed E-state index contributed by atoms with van der Waals surface area (Å²) < 4.78 is 11.2. The van der Waals surface area contributed by atoms with Crippen molar-refractivity contribution in [3.8, 4) is 0 Å². The van der Waals surface area contributed by atoms with Gasteiger partial charge in [0, 0.05) is 18.0 Å². The molecule has 1 saturated heterocycles. The van der Waals surface area contributed by atoms with Crippen molar-refractivity contribution >= 4 is 23.1 Å². The molecule has 1 aromatic heterocycles. The molecule has 0 aliphatic carbocycles. The fraction of sp³-hybridized carbons (Fsp3) is 0.632. The lowest BCUT2D eigenvalue weighted by atomic mass is 10.1. The summed E-state index contributed by atoms with van der Waals surface area (Å²) in [5.41, 5.74) is 3.16. The van der Waals surface area contributed by atoms with E-state index in [9.17, 15) is 4.79 Å². The third kappa shape index (κ3) is 6.97. The standard InChI is InChI=1S/C19H30N2O4S/c1-14-6-7-17(26-14)15(2)20-24-13-12-23-16-8-10-21(11-9-16)18(22)25-19(3,4)5/h6-7,16,20H,2,8-13H2,1,3-5H3. The van der Waals surface area contributed by atoms with Crippen LogP contribution in [0.25, 0.3) is 5.70 Å². The Labute approximate surface area is 160 Å². The number of hydroxylamine groups is 1. The van der Waals surface area contributed by atoms with E-state index < -0.39 is 5.60 Å². The van der Waals surface area contributed by atoms with E-state index >= 15 is 0 Å². The van der Waals surface area contributed by atoms with Gasteiger partial charge in [0.15, 0.2) is 0 Å². The van der Waals surface area contributed by atoms with Crippen LogP contribution in [0, 0.1) is 6.92 Å². The molecule has 146 valence electrons. The molecule has 0 unspecified atom stereocenters. The smallest absolute Gasteiger partial charge is 0.410 e. The van der Waals surface area contributed by atoms with Crippen molar-refractivity contribution in [2.45, 2.75) is 52.2 Å². The second-order valence-electron chi connectivity index (χ2n) is 7.38. The molecule has 0 radical (unpaired) electrons. The summed E-state index contributed by atoms with van der Waals surface area (Å²) >= 11 is 1.67. The maximum absolute atomic E-state index is 12.0. The van der Waals surface area contributed by atoms with Gasteiger partial charge in [0.2, 0.25) is 0 Å². The van der Waals surface area contributed by atoms with Crippen LogP contribution in [0.1, 0.15) is 43.4 Å². The van der Waals surface area contributed by atoms with E-state index in [1.54, 1.807) is 16.2 Å². The van der Waals surface area contributed by atoms with Crippen LogP contribution < -0.4 is 5.48 Å². The van der Waals surface area contributed by atoms with Crippen LogP contribution in [0.15, 0.2) is 18.7 Å². The first-order valence-corrected chi connectivity index (χ1v) is 9.79. The second kappa shape index (κ2) is 9.39. The van der Waals surface area contributed by atoms with Crippen LogP contribution in [0.5, 0.6) is 0 Å². The van der Waals surface area contributed by atoms with Crippen LogP contribution in [0.3, 0.4) is 0 Å². The van der Waals surface area contributed by atoms with Gasteiger partial charge in [-0.1, -0.05) is 6.58 Å². The fourth-order valence-corrected chi connectivity index (χ4v) is 3.36. The molecule has 1 aromatic rings. The first-order chi connectivity index (χ1) is 12.2. The number of piperidine rings is 1. The van der Waals surface area contributed by atoms with Crippen LogP contribution in [-0.2, 0) is 14.3 Å². The molecule has 2 rings (SSSR count). The van der Waals surface area contributed by atoms with Crippen LogP contribution in [0.2, 0.25) is 0 Å². The van der Waals surface area contributed by atoms with E-state index in [0.29, 0.717) is 26.3 Å². The number of carbonyl (C=O) groups is 1. The largest absolute Gasteiger partial charge is 0.444 e. The van der Waals surface area contributed by atoms with Crippen molar-refractivity contribution in [3.05, 3.63) is 28.5 Å². The fourth-order valence-electron chi connectivity index (χ4n) is 2.57. The van der Waals surface area contributed by atoms with Crippen LogP contribution in [-0.4, -0.2) is 49.0 Å². The summed E-state index contributed by atoms with van der Waals surface area (Å²) in [5.74, 6) is 0. The van der Waals surface area contributed by atoms with Gasteiger partial charge >= 0.3 is 6.09 Å². The number of aryl methyl sites for hydroxylation is 1. The normalized spacial score (nSPS) is 15.8. The topological polar surface area (TPSA) is 60.0 Å². The Morgan fingerprint density at radius 3 is 2.58 bits per heavy atom. The number of rotatable bonds is 7. The molecular weight excluding hydrogens is 352 g/mol. The average Bonchev–Trinajstić information content (AvgIpc) is 3.00. The number of nitrogens with one attached hydrogen (secondary N) is 1. The Kier molecular flexibility index (Phi) is 7.49. The van der Waals surface area contributed by atoms with Gasteiger partial charge in [-0.2, -0.15) is 0 Å².